The number of benzene rings is 2. The van der Waals surface area contributed by atoms with E-state index in [1.165, 1.54) is 0 Å². The molecule has 3 N–H and O–H groups in total. The number of carbonyl (C=O) groups is 2. The molecule has 0 atom stereocenters. The molecule has 1 aliphatic rings. The molecule has 0 saturated carbocycles. The number of rotatable bonds is 3. The Hall–Kier alpha value is -2.79. The van der Waals surface area contributed by atoms with Gasteiger partial charge in [0.05, 0.1) is 5.57 Å². The second-order valence-corrected chi connectivity index (χ2v) is 5.86. The zero-order valence-electron chi connectivity index (χ0n) is 13.2. The van der Waals surface area contributed by atoms with Crippen LogP contribution in [0.3, 0.4) is 0 Å². The third kappa shape index (κ3) is 2.98. The third-order valence-corrected chi connectivity index (χ3v) is 4.06. The largest absolute Gasteiger partial charge is 0.358 e. The molecule has 0 saturated heterocycles. The van der Waals surface area contributed by atoms with Crippen molar-refractivity contribution in [1.29, 1.82) is 0 Å². The lowest BCUT2D eigenvalue weighted by molar-refractivity contribution is -0.110. The number of hydrogen-bond donors (Lipinski definition) is 3. The van der Waals surface area contributed by atoms with E-state index in [1.807, 2.05) is 19.1 Å². The molecule has 1 heterocycles. The SMILES string of the molecule is CNC(=O)c1ccc2c(c1)/C(=C(\C)Nc1ccc(Cl)cc1)C(=O)N2. The Kier molecular flexibility index (Phi) is 4.27. The van der Waals surface area contributed by atoms with E-state index in [-0.39, 0.29) is 11.8 Å². The lowest BCUT2D eigenvalue weighted by atomic mass is 10.0. The van der Waals surface area contributed by atoms with Gasteiger partial charge in [-0.1, -0.05) is 11.6 Å². The van der Waals surface area contributed by atoms with Gasteiger partial charge in [0.1, 0.15) is 0 Å². The van der Waals surface area contributed by atoms with Crippen molar-refractivity contribution in [2.45, 2.75) is 6.92 Å². The molecular weight excluding hydrogens is 326 g/mol. The van der Waals surface area contributed by atoms with Crippen molar-refractivity contribution in [2.24, 2.45) is 0 Å². The van der Waals surface area contributed by atoms with Gasteiger partial charge in [0, 0.05) is 40.3 Å². The Morgan fingerprint density at radius 3 is 2.50 bits per heavy atom. The normalized spacial score (nSPS) is 14.7. The predicted molar refractivity (Wildman–Crippen MR) is 96.1 cm³/mol. The van der Waals surface area contributed by atoms with Gasteiger partial charge in [-0.05, 0) is 49.4 Å². The highest BCUT2D eigenvalue weighted by molar-refractivity contribution is 6.32. The van der Waals surface area contributed by atoms with Crippen LogP contribution in [0.1, 0.15) is 22.8 Å². The van der Waals surface area contributed by atoms with Crippen LogP contribution in [0.4, 0.5) is 11.4 Å². The summed E-state index contributed by atoms with van der Waals surface area (Å²) in [6, 6.07) is 12.3. The summed E-state index contributed by atoms with van der Waals surface area (Å²) in [5, 5.41) is 9.25. The average Bonchev–Trinajstić information content (AvgIpc) is 2.91. The molecule has 1 aliphatic heterocycles. The van der Waals surface area contributed by atoms with Crippen LogP contribution in [0.15, 0.2) is 48.2 Å². The first-order valence-electron chi connectivity index (χ1n) is 7.41. The van der Waals surface area contributed by atoms with Crippen molar-refractivity contribution >= 4 is 40.4 Å². The number of anilines is 2. The van der Waals surface area contributed by atoms with Crippen LogP contribution in [-0.2, 0) is 4.79 Å². The lowest BCUT2D eigenvalue weighted by Crippen LogP contribution is -2.17. The van der Waals surface area contributed by atoms with Crippen molar-refractivity contribution in [3.8, 4) is 0 Å². The lowest BCUT2D eigenvalue weighted by Gasteiger charge is -2.10. The number of carbonyl (C=O) groups excluding carboxylic acids is 2. The van der Waals surface area contributed by atoms with E-state index in [9.17, 15) is 9.59 Å². The molecule has 0 radical (unpaired) electrons. The molecular formula is C18H16ClN3O2. The van der Waals surface area contributed by atoms with Gasteiger partial charge in [-0.2, -0.15) is 0 Å². The van der Waals surface area contributed by atoms with E-state index in [0.29, 0.717) is 33.1 Å². The van der Waals surface area contributed by atoms with Crippen LogP contribution in [-0.4, -0.2) is 18.9 Å². The summed E-state index contributed by atoms with van der Waals surface area (Å²) >= 11 is 5.88. The Morgan fingerprint density at radius 1 is 1.12 bits per heavy atom. The van der Waals surface area contributed by atoms with E-state index in [1.54, 1.807) is 37.4 Å². The topological polar surface area (TPSA) is 70.2 Å². The van der Waals surface area contributed by atoms with E-state index in [0.717, 1.165) is 5.69 Å². The van der Waals surface area contributed by atoms with Crippen LogP contribution in [0.5, 0.6) is 0 Å². The third-order valence-electron chi connectivity index (χ3n) is 3.80. The van der Waals surface area contributed by atoms with Gasteiger partial charge in [0.15, 0.2) is 0 Å². The van der Waals surface area contributed by atoms with Crippen molar-refractivity contribution in [2.75, 3.05) is 17.7 Å². The number of fused-ring (bicyclic) bond motifs is 1. The molecule has 2 aromatic rings. The fraction of sp³-hybridized carbons (Fsp3) is 0.111. The average molecular weight is 342 g/mol. The summed E-state index contributed by atoms with van der Waals surface area (Å²) < 4.78 is 0. The van der Waals surface area contributed by atoms with E-state index >= 15 is 0 Å². The number of halogens is 1. The van der Waals surface area contributed by atoms with Crippen molar-refractivity contribution in [3.05, 3.63) is 64.3 Å². The van der Waals surface area contributed by atoms with E-state index in [2.05, 4.69) is 16.0 Å². The highest BCUT2D eigenvalue weighted by Gasteiger charge is 2.27. The Balaban J connectivity index is 2.00. The van der Waals surface area contributed by atoms with Crippen LogP contribution in [0.25, 0.3) is 5.57 Å². The highest BCUT2D eigenvalue weighted by atomic mass is 35.5. The first kappa shape index (κ1) is 16.1. The number of allylic oxidation sites excluding steroid dienone is 1. The number of amides is 2. The first-order valence-corrected chi connectivity index (χ1v) is 7.78. The Morgan fingerprint density at radius 2 is 1.83 bits per heavy atom. The fourth-order valence-electron chi connectivity index (χ4n) is 2.64. The molecule has 2 aromatic carbocycles. The minimum atomic E-state index is -0.196. The maximum absolute atomic E-state index is 12.3. The quantitative estimate of drug-likeness (QED) is 0.748. The monoisotopic (exact) mass is 341 g/mol. The Labute approximate surface area is 144 Å². The molecule has 0 fully saturated rings. The van der Waals surface area contributed by atoms with Gasteiger partial charge in [0.25, 0.3) is 11.8 Å². The summed E-state index contributed by atoms with van der Waals surface area (Å²) in [4.78, 5) is 24.2. The molecule has 24 heavy (non-hydrogen) atoms. The van der Waals surface area contributed by atoms with Crippen LogP contribution >= 0.6 is 11.6 Å². The molecule has 0 bridgehead atoms. The van der Waals surface area contributed by atoms with Gasteiger partial charge < -0.3 is 16.0 Å². The first-order chi connectivity index (χ1) is 11.5. The van der Waals surface area contributed by atoms with E-state index < -0.39 is 0 Å². The summed E-state index contributed by atoms with van der Waals surface area (Å²) in [6.45, 7) is 1.82. The molecule has 5 nitrogen and oxygen atoms in total. The zero-order valence-corrected chi connectivity index (χ0v) is 14.0. The smallest absolute Gasteiger partial charge is 0.258 e. The van der Waals surface area contributed by atoms with Crippen molar-refractivity contribution in [1.82, 2.24) is 5.32 Å². The van der Waals surface area contributed by atoms with Crippen LogP contribution in [0, 0.1) is 0 Å². The van der Waals surface area contributed by atoms with Gasteiger partial charge in [0.2, 0.25) is 0 Å². The number of hydrogen-bond acceptors (Lipinski definition) is 3. The summed E-state index contributed by atoms with van der Waals surface area (Å²) in [7, 11) is 1.57. The summed E-state index contributed by atoms with van der Waals surface area (Å²) in [6.07, 6.45) is 0. The molecule has 3 rings (SSSR count). The molecule has 0 aliphatic carbocycles. The summed E-state index contributed by atoms with van der Waals surface area (Å²) in [5.41, 5.74) is 3.95. The second kappa shape index (κ2) is 6.37. The fourth-order valence-corrected chi connectivity index (χ4v) is 2.76. The predicted octanol–water partition coefficient (Wildman–Crippen LogP) is 3.49. The summed E-state index contributed by atoms with van der Waals surface area (Å²) in [5.74, 6) is -0.391. The van der Waals surface area contributed by atoms with Gasteiger partial charge >= 0.3 is 0 Å². The van der Waals surface area contributed by atoms with Crippen molar-refractivity contribution in [3.63, 3.8) is 0 Å². The Bertz CT molecular complexity index is 857. The maximum Gasteiger partial charge on any atom is 0.258 e. The standard InChI is InChI=1S/C18H16ClN3O2/c1-10(21-13-6-4-12(19)5-7-13)16-14-9-11(17(23)20-2)3-8-15(14)22-18(16)24/h3-9,21H,1-2H3,(H,20,23)(H,22,24)/b16-10-. The molecule has 6 heteroatoms. The second-order valence-electron chi connectivity index (χ2n) is 5.43. The number of nitrogens with one attached hydrogen (secondary N) is 3. The van der Waals surface area contributed by atoms with Gasteiger partial charge in [-0.25, -0.2) is 0 Å². The minimum Gasteiger partial charge on any atom is -0.358 e. The van der Waals surface area contributed by atoms with Crippen molar-refractivity contribution < 1.29 is 9.59 Å². The molecule has 2 amide bonds. The molecule has 0 unspecified atom stereocenters. The van der Waals surface area contributed by atoms with Crippen LogP contribution in [0.2, 0.25) is 5.02 Å². The van der Waals surface area contributed by atoms with Crippen LogP contribution < -0.4 is 16.0 Å². The van der Waals surface area contributed by atoms with Gasteiger partial charge in [-0.3, -0.25) is 9.59 Å². The minimum absolute atomic E-state index is 0.195. The highest BCUT2D eigenvalue weighted by Crippen LogP contribution is 2.34. The molecule has 122 valence electrons. The zero-order chi connectivity index (χ0) is 17.3. The molecule has 0 spiro atoms. The van der Waals surface area contributed by atoms with Gasteiger partial charge in [-0.15, -0.1) is 0 Å². The maximum atomic E-state index is 12.3. The molecule has 0 aromatic heterocycles. The van der Waals surface area contributed by atoms with E-state index in [4.69, 9.17) is 11.6 Å².